The molecule has 19 heavy (non-hydrogen) atoms. The molecular formula is C15H20N2O2. The highest BCUT2D eigenvalue weighted by atomic mass is 16.5. The summed E-state index contributed by atoms with van der Waals surface area (Å²) in [5.74, 6) is 2.26. The number of ether oxygens (including phenoxy) is 1. The van der Waals surface area contributed by atoms with Gasteiger partial charge in [-0.2, -0.15) is 0 Å². The summed E-state index contributed by atoms with van der Waals surface area (Å²) in [6.07, 6.45) is 0. The average Bonchev–Trinajstić information content (AvgIpc) is 3.00. The summed E-state index contributed by atoms with van der Waals surface area (Å²) < 4.78 is 5.39. The van der Waals surface area contributed by atoms with Crippen LogP contribution < -0.4 is 10.1 Å². The Morgan fingerprint density at radius 1 is 1.26 bits per heavy atom. The van der Waals surface area contributed by atoms with E-state index in [1.165, 1.54) is 0 Å². The Kier molecular flexibility index (Phi) is 3.42. The molecule has 3 rings (SSSR count). The first-order valence-electron chi connectivity index (χ1n) is 7.00. The molecule has 1 aromatic carbocycles. The lowest BCUT2D eigenvalue weighted by Gasteiger charge is -2.17. The van der Waals surface area contributed by atoms with Crippen molar-refractivity contribution in [3.05, 3.63) is 29.8 Å². The second kappa shape index (κ2) is 5.21. The predicted octanol–water partition coefficient (Wildman–Crippen LogP) is 1.38. The molecule has 102 valence electrons. The van der Waals surface area contributed by atoms with Crippen LogP contribution in [0.4, 0.5) is 0 Å². The van der Waals surface area contributed by atoms with Gasteiger partial charge in [-0.3, -0.25) is 4.79 Å². The Hall–Kier alpha value is -1.55. The number of hydrogen-bond donors (Lipinski definition) is 1. The molecule has 2 aliphatic heterocycles. The Bertz CT molecular complexity index is 446. The molecule has 1 aromatic rings. The maximum absolute atomic E-state index is 12.4. The number of nitrogens with zero attached hydrogens (tertiary/aromatic N) is 1. The summed E-state index contributed by atoms with van der Waals surface area (Å²) in [4.78, 5) is 14.4. The summed E-state index contributed by atoms with van der Waals surface area (Å²) in [7, 11) is 0. The number of amides is 1. The lowest BCUT2D eigenvalue weighted by Crippen LogP contribution is -2.31. The first-order chi connectivity index (χ1) is 9.28. The highest BCUT2D eigenvalue weighted by Crippen LogP contribution is 2.27. The summed E-state index contributed by atoms with van der Waals surface area (Å²) >= 11 is 0. The maximum Gasteiger partial charge on any atom is 0.253 e. The van der Waals surface area contributed by atoms with Crippen LogP contribution in [-0.4, -0.2) is 43.6 Å². The molecule has 0 spiro atoms. The minimum atomic E-state index is 0.150. The smallest absolute Gasteiger partial charge is 0.253 e. The Morgan fingerprint density at radius 2 is 1.89 bits per heavy atom. The van der Waals surface area contributed by atoms with E-state index in [2.05, 4.69) is 5.32 Å². The molecule has 4 nitrogen and oxygen atoms in total. The van der Waals surface area contributed by atoms with Crippen LogP contribution in [0.5, 0.6) is 5.75 Å². The van der Waals surface area contributed by atoms with Gasteiger partial charge in [0.2, 0.25) is 0 Å². The van der Waals surface area contributed by atoms with Gasteiger partial charge in [0.15, 0.2) is 0 Å². The van der Waals surface area contributed by atoms with Gasteiger partial charge in [0, 0.05) is 31.7 Å². The van der Waals surface area contributed by atoms with E-state index in [1.807, 2.05) is 36.1 Å². The van der Waals surface area contributed by atoms with Crippen LogP contribution in [0, 0.1) is 11.8 Å². The van der Waals surface area contributed by atoms with Crippen molar-refractivity contribution in [1.82, 2.24) is 10.2 Å². The predicted molar refractivity (Wildman–Crippen MR) is 73.4 cm³/mol. The van der Waals surface area contributed by atoms with Gasteiger partial charge in [-0.1, -0.05) is 0 Å². The maximum atomic E-state index is 12.4. The third kappa shape index (κ3) is 2.45. The highest BCUT2D eigenvalue weighted by molar-refractivity contribution is 5.94. The second-order valence-electron chi connectivity index (χ2n) is 5.35. The zero-order chi connectivity index (χ0) is 13.2. The largest absolute Gasteiger partial charge is 0.494 e. The van der Waals surface area contributed by atoms with Gasteiger partial charge in [0.1, 0.15) is 5.75 Å². The van der Waals surface area contributed by atoms with Crippen molar-refractivity contribution in [2.75, 3.05) is 32.8 Å². The van der Waals surface area contributed by atoms with Crippen LogP contribution in [0.25, 0.3) is 0 Å². The molecule has 0 aliphatic carbocycles. The quantitative estimate of drug-likeness (QED) is 0.892. The van der Waals surface area contributed by atoms with E-state index in [-0.39, 0.29) is 5.91 Å². The van der Waals surface area contributed by atoms with Gasteiger partial charge < -0.3 is 15.0 Å². The second-order valence-corrected chi connectivity index (χ2v) is 5.35. The van der Waals surface area contributed by atoms with Crippen molar-refractivity contribution in [3.8, 4) is 5.75 Å². The normalized spacial score (nSPS) is 25.4. The van der Waals surface area contributed by atoms with Crippen LogP contribution in [0.15, 0.2) is 24.3 Å². The van der Waals surface area contributed by atoms with Crippen LogP contribution in [0.1, 0.15) is 17.3 Å². The van der Waals surface area contributed by atoms with Crippen molar-refractivity contribution >= 4 is 5.91 Å². The van der Waals surface area contributed by atoms with Crippen LogP contribution in [0.3, 0.4) is 0 Å². The van der Waals surface area contributed by atoms with Gasteiger partial charge >= 0.3 is 0 Å². The number of carbonyl (C=O) groups excluding carboxylic acids is 1. The molecule has 4 heteroatoms. The highest BCUT2D eigenvalue weighted by Gasteiger charge is 2.38. The molecule has 0 aromatic heterocycles. The molecule has 0 saturated carbocycles. The summed E-state index contributed by atoms with van der Waals surface area (Å²) in [5.41, 5.74) is 0.761. The zero-order valence-corrected chi connectivity index (χ0v) is 11.3. The number of rotatable bonds is 3. The van der Waals surface area contributed by atoms with E-state index < -0.39 is 0 Å². The monoisotopic (exact) mass is 260 g/mol. The van der Waals surface area contributed by atoms with Crippen molar-refractivity contribution in [3.63, 3.8) is 0 Å². The molecule has 1 N–H and O–H groups in total. The van der Waals surface area contributed by atoms with Gasteiger partial charge in [-0.25, -0.2) is 0 Å². The van der Waals surface area contributed by atoms with E-state index in [9.17, 15) is 4.79 Å². The van der Waals surface area contributed by atoms with Crippen molar-refractivity contribution in [2.24, 2.45) is 11.8 Å². The fourth-order valence-corrected chi connectivity index (χ4v) is 3.06. The van der Waals surface area contributed by atoms with Crippen LogP contribution >= 0.6 is 0 Å². The summed E-state index contributed by atoms with van der Waals surface area (Å²) in [5, 5.41) is 3.39. The molecule has 0 bridgehead atoms. The van der Waals surface area contributed by atoms with E-state index in [4.69, 9.17) is 4.74 Å². The molecule has 2 heterocycles. The number of hydrogen-bond acceptors (Lipinski definition) is 3. The first kappa shape index (κ1) is 12.5. The van der Waals surface area contributed by atoms with Gasteiger partial charge in [0.05, 0.1) is 6.61 Å². The molecular weight excluding hydrogens is 240 g/mol. The Morgan fingerprint density at radius 3 is 2.47 bits per heavy atom. The lowest BCUT2D eigenvalue weighted by molar-refractivity contribution is 0.0781. The van der Waals surface area contributed by atoms with Crippen LogP contribution in [0.2, 0.25) is 0 Å². The van der Waals surface area contributed by atoms with Crippen LogP contribution in [-0.2, 0) is 0 Å². The molecule has 2 unspecified atom stereocenters. The van der Waals surface area contributed by atoms with E-state index in [0.717, 1.165) is 37.5 Å². The van der Waals surface area contributed by atoms with E-state index >= 15 is 0 Å². The minimum Gasteiger partial charge on any atom is -0.494 e. The molecule has 2 saturated heterocycles. The first-order valence-corrected chi connectivity index (χ1v) is 7.00. The van der Waals surface area contributed by atoms with Crippen molar-refractivity contribution in [1.29, 1.82) is 0 Å². The molecule has 2 atom stereocenters. The van der Waals surface area contributed by atoms with Gasteiger partial charge in [-0.05, 0) is 43.0 Å². The SMILES string of the molecule is CCOc1ccc(C(=O)N2CC3CNCC3C2)cc1. The third-order valence-corrected chi connectivity index (χ3v) is 4.09. The number of likely N-dealkylation sites (tertiary alicyclic amines) is 1. The summed E-state index contributed by atoms with van der Waals surface area (Å²) in [6, 6.07) is 7.46. The van der Waals surface area contributed by atoms with Gasteiger partial charge in [0.25, 0.3) is 5.91 Å². The van der Waals surface area contributed by atoms with Gasteiger partial charge in [-0.15, -0.1) is 0 Å². The minimum absolute atomic E-state index is 0.150. The van der Waals surface area contributed by atoms with E-state index in [0.29, 0.717) is 18.4 Å². The number of nitrogens with one attached hydrogen (secondary N) is 1. The molecule has 2 fully saturated rings. The molecule has 2 aliphatic rings. The zero-order valence-electron chi connectivity index (χ0n) is 11.3. The van der Waals surface area contributed by atoms with Crippen molar-refractivity contribution in [2.45, 2.75) is 6.92 Å². The number of fused-ring (bicyclic) bond motifs is 1. The summed E-state index contributed by atoms with van der Waals surface area (Å²) in [6.45, 7) is 6.49. The standard InChI is InChI=1S/C15H20N2O2/c1-2-19-14-5-3-11(4-6-14)15(18)17-9-12-7-16-8-13(12)10-17/h3-6,12-13,16H,2,7-10H2,1H3. The average molecular weight is 260 g/mol. The lowest BCUT2D eigenvalue weighted by atomic mass is 10.0. The molecule has 1 amide bonds. The number of benzene rings is 1. The van der Waals surface area contributed by atoms with E-state index in [1.54, 1.807) is 0 Å². The third-order valence-electron chi connectivity index (χ3n) is 4.09. The topological polar surface area (TPSA) is 41.6 Å². The van der Waals surface area contributed by atoms with Crippen molar-refractivity contribution < 1.29 is 9.53 Å². The fourth-order valence-electron chi connectivity index (χ4n) is 3.06. The molecule has 0 radical (unpaired) electrons. The number of carbonyl (C=O) groups is 1. The Balaban J connectivity index is 1.67. The Labute approximate surface area is 113 Å². The fraction of sp³-hybridized carbons (Fsp3) is 0.533.